The normalized spacial score (nSPS) is 10.9. The Morgan fingerprint density at radius 2 is 1.58 bits per heavy atom. The molecule has 0 fully saturated rings. The first kappa shape index (κ1) is 21.8. The van der Waals surface area contributed by atoms with Gasteiger partial charge in [0.15, 0.2) is 0 Å². The molecule has 0 aliphatic heterocycles. The fourth-order valence-corrected chi connectivity index (χ4v) is 4.09. The molecule has 11 nitrogen and oxygen atoms in total. The lowest BCUT2D eigenvalue weighted by atomic mass is 10.1. The zero-order valence-electron chi connectivity index (χ0n) is 16.7. The van der Waals surface area contributed by atoms with Gasteiger partial charge in [0.05, 0.1) is 33.0 Å². The number of methoxy groups -OCH3 is 3. The number of anilines is 1. The van der Waals surface area contributed by atoms with E-state index in [4.69, 9.17) is 14.2 Å². The van der Waals surface area contributed by atoms with Crippen molar-refractivity contribution in [2.24, 2.45) is 0 Å². The van der Waals surface area contributed by atoms with Crippen LogP contribution in [-0.4, -0.2) is 51.7 Å². The number of nitrogens with zero attached hydrogens (tertiary/aromatic N) is 2. The maximum atomic E-state index is 13.1. The van der Waals surface area contributed by atoms with E-state index in [9.17, 15) is 18.0 Å². The minimum atomic E-state index is -4.50. The van der Waals surface area contributed by atoms with Crippen molar-refractivity contribution in [3.8, 4) is 11.8 Å². The van der Waals surface area contributed by atoms with Crippen molar-refractivity contribution >= 4 is 38.7 Å². The molecule has 3 aromatic rings. The summed E-state index contributed by atoms with van der Waals surface area (Å²) in [5.74, 6) is -0.943. The molecule has 0 spiro atoms. The summed E-state index contributed by atoms with van der Waals surface area (Å²) in [5.41, 5.74) is -0.221. The molecule has 1 aromatic heterocycles. The predicted molar refractivity (Wildman–Crippen MR) is 110 cm³/mol. The first-order chi connectivity index (χ1) is 14.8. The molecule has 0 bridgehead atoms. The van der Waals surface area contributed by atoms with E-state index in [0.29, 0.717) is 5.39 Å². The fourth-order valence-electron chi connectivity index (χ4n) is 2.77. The Bertz CT molecular complexity index is 1240. The lowest BCUT2D eigenvalue weighted by molar-refractivity contribution is 0.0596. The smallest absolute Gasteiger partial charge is 0.339 e. The van der Waals surface area contributed by atoms with E-state index in [-0.39, 0.29) is 28.7 Å². The number of urea groups is 1. The standard InChI is InChI=1S/C19H18N4O7S/c1-28-14-10-15(29-2)21-18(20-14)22-19(25)23-31(26,27)16-12-7-5-4-6-11(12)8-9-13(16)17(24)30-3/h4-10H,1-3H3,(H2,20,21,22,23,25). The van der Waals surface area contributed by atoms with E-state index < -0.39 is 26.9 Å². The van der Waals surface area contributed by atoms with Crippen LogP contribution in [0.15, 0.2) is 47.4 Å². The van der Waals surface area contributed by atoms with Gasteiger partial charge in [-0.2, -0.15) is 9.97 Å². The van der Waals surface area contributed by atoms with Crippen LogP contribution in [0, 0.1) is 0 Å². The van der Waals surface area contributed by atoms with Crippen molar-refractivity contribution in [3.05, 3.63) is 48.0 Å². The van der Waals surface area contributed by atoms with Crippen LogP contribution >= 0.6 is 0 Å². The molecule has 31 heavy (non-hydrogen) atoms. The quantitative estimate of drug-likeness (QED) is 0.542. The van der Waals surface area contributed by atoms with Gasteiger partial charge in [-0.25, -0.2) is 22.7 Å². The van der Waals surface area contributed by atoms with Crippen LogP contribution < -0.4 is 19.5 Å². The number of benzene rings is 2. The zero-order valence-corrected chi connectivity index (χ0v) is 17.5. The largest absolute Gasteiger partial charge is 0.481 e. The Labute approximate surface area is 177 Å². The molecule has 0 unspecified atom stereocenters. The molecule has 0 aliphatic rings. The van der Waals surface area contributed by atoms with Crippen molar-refractivity contribution in [1.82, 2.24) is 14.7 Å². The van der Waals surface area contributed by atoms with Crippen molar-refractivity contribution in [3.63, 3.8) is 0 Å². The maximum Gasteiger partial charge on any atom is 0.339 e. The minimum absolute atomic E-state index is 0.0899. The average molecular weight is 446 g/mol. The molecule has 0 saturated heterocycles. The highest BCUT2D eigenvalue weighted by atomic mass is 32.2. The van der Waals surface area contributed by atoms with E-state index in [0.717, 1.165) is 7.11 Å². The van der Waals surface area contributed by atoms with Gasteiger partial charge >= 0.3 is 12.0 Å². The summed E-state index contributed by atoms with van der Waals surface area (Å²) in [4.78, 5) is 32.0. The van der Waals surface area contributed by atoms with Crippen LogP contribution in [0.3, 0.4) is 0 Å². The first-order valence-electron chi connectivity index (χ1n) is 8.70. The third kappa shape index (κ3) is 4.64. The van der Waals surface area contributed by atoms with Crippen molar-refractivity contribution in [2.45, 2.75) is 4.90 Å². The molecule has 1 heterocycles. The summed E-state index contributed by atoms with van der Waals surface area (Å²) < 4.78 is 42.6. The molecule has 0 saturated carbocycles. The van der Waals surface area contributed by atoms with Crippen LogP contribution in [0.1, 0.15) is 10.4 Å². The second-order valence-electron chi connectivity index (χ2n) is 5.99. The van der Waals surface area contributed by atoms with Crippen LogP contribution in [0.4, 0.5) is 10.7 Å². The molecule has 0 atom stereocenters. The van der Waals surface area contributed by atoms with Gasteiger partial charge in [0.25, 0.3) is 10.0 Å². The number of carbonyl (C=O) groups is 2. The van der Waals surface area contributed by atoms with Crippen molar-refractivity contribution in [2.75, 3.05) is 26.6 Å². The predicted octanol–water partition coefficient (Wildman–Crippen LogP) is 1.94. The van der Waals surface area contributed by atoms with Gasteiger partial charge in [0.1, 0.15) is 4.90 Å². The summed E-state index contributed by atoms with van der Waals surface area (Å²) in [5, 5.41) is 2.99. The Kier molecular flexibility index (Phi) is 6.20. The molecular formula is C19H18N4O7S. The second-order valence-corrected chi connectivity index (χ2v) is 7.61. The molecule has 3 rings (SSSR count). The SMILES string of the molecule is COC(=O)c1ccc2ccccc2c1S(=O)(=O)NC(=O)Nc1nc(OC)cc(OC)n1. The van der Waals surface area contributed by atoms with Crippen LogP contribution in [-0.2, 0) is 14.8 Å². The zero-order chi connectivity index (χ0) is 22.6. The second kappa shape index (κ2) is 8.83. The van der Waals surface area contributed by atoms with Gasteiger partial charge in [0.2, 0.25) is 17.7 Å². The van der Waals surface area contributed by atoms with E-state index in [1.54, 1.807) is 24.3 Å². The Morgan fingerprint density at radius 1 is 0.935 bits per heavy atom. The Hall–Kier alpha value is -3.93. The van der Waals surface area contributed by atoms with Crippen molar-refractivity contribution in [1.29, 1.82) is 0 Å². The highest BCUT2D eigenvalue weighted by Crippen LogP contribution is 2.27. The minimum Gasteiger partial charge on any atom is -0.481 e. The molecule has 12 heteroatoms. The fraction of sp³-hybridized carbons (Fsp3) is 0.158. The number of aromatic nitrogens is 2. The van der Waals surface area contributed by atoms with E-state index in [1.807, 2.05) is 4.72 Å². The third-order valence-electron chi connectivity index (χ3n) is 4.10. The molecule has 2 amide bonds. The van der Waals surface area contributed by atoms with E-state index in [1.165, 1.54) is 32.4 Å². The van der Waals surface area contributed by atoms with Gasteiger partial charge < -0.3 is 14.2 Å². The van der Waals surface area contributed by atoms with Crippen LogP contribution in [0.2, 0.25) is 0 Å². The number of sulfonamides is 1. The lowest BCUT2D eigenvalue weighted by Crippen LogP contribution is -2.35. The van der Waals surface area contributed by atoms with E-state index in [2.05, 4.69) is 15.3 Å². The van der Waals surface area contributed by atoms with Crippen LogP contribution in [0.5, 0.6) is 11.8 Å². The number of ether oxygens (including phenoxy) is 3. The molecule has 0 radical (unpaired) electrons. The Balaban J connectivity index is 1.98. The molecular weight excluding hydrogens is 428 g/mol. The Morgan fingerprint density at radius 3 is 2.19 bits per heavy atom. The topological polar surface area (TPSA) is 146 Å². The van der Waals surface area contributed by atoms with Gasteiger partial charge in [-0.1, -0.05) is 30.3 Å². The monoisotopic (exact) mass is 446 g/mol. The van der Waals surface area contributed by atoms with Crippen molar-refractivity contribution < 1.29 is 32.2 Å². The summed E-state index contributed by atoms with van der Waals surface area (Å²) in [6, 6.07) is 9.63. The van der Waals surface area contributed by atoms with Gasteiger partial charge in [0, 0.05) is 5.39 Å². The summed E-state index contributed by atoms with van der Waals surface area (Å²) >= 11 is 0. The van der Waals surface area contributed by atoms with Gasteiger partial charge in [-0.05, 0) is 11.5 Å². The third-order valence-corrected chi connectivity index (χ3v) is 5.53. The molecule has 2 N–H and O–H groups in total. The average Bonchev–Trinajstić information content (AvgIpc) is 2.76. The number of carbonyl (C=O) groups excluding carboxylic acids is 2. The highest BCUT2D eigenvalue weighted by Gasteiger charge is 2.28. The number of nitrogens with one attached hydrogen (secondary N) is 2. The number of hydrogen-bond donors (Lipinski definition) is 2. The summed E-state index contributed by atoms with van der Waals surface area (Å²) in [7, 11) is -0.673. The van der Waals surface area contributed by atoms with E-state index >= 15 is 0 Å². The summed E-state index contributed by atoms with van der Waals surface area (Å²) in [6.07, 6.45) is 0. The molecule has 0 aliphatic carbocycles. The summed E-state index contributed by atoms with van der Waals surface area (Å²) in [6.45, 7) is 0. The number of rotatable bonds is 6. The van der Waals surface area contributed by atoms with Crippen LogP contribution in [0.25, 0.3) is 10.8 Å². The molecule has 162 valence electrons. The number of amides is 2. The number of fused-ring (bicyclic) bond motifs is 1. The first-order valence-corrected chi connectivity index (χ1v) is 10.2. The number of esters is 1. The number of hydrogen-bond acceptors (Lipinski definition) is 9. The molecule has 2 aromatic carbocycles. The highest BCUT2D eigenvalue weighted by molar-refractivity contribution is 7.90. The maximum absolute atomic E-state index is 13.1. The lowest BCUT2D eigenvalue weighted by Gasteiger charge is -2.14. The van der Waals surface area contributed by atoms with Gasteiger partial charge in [-0.3, -0.25) is 5.32 Å². The van der Waals surface area contributed by atoms with Gasteiger partial charge in [-0.15, -0.1) is 0 Å².